The highest BCUT2D eigenvalue weighted by Crippen LogP contribution is 2.18. The van der Waals surface area contributed by atoms with Crippen LogP contribution < -0.4 is 10.9 Å². The number of halogens is 2. The number of thioether (sulfide) groups is 1. The maximum absolute atomic E-state index is 13.1. The average Bonchev–Trinajstić information content (AvgIpc) is 3.13. The fourth-order valence-electron chi connectivity index (χ4n) is 2.63. The van der Waals surface area contributed by atoms with E-state index in [9.17, 15) is 14.0 Å². The van der Waals surface area contributed by atoms with Crippen LogP contribution in [0.4, 0.5) is 10.1 Å². The van der Waals surface area contributed by atoms with Gasteiger partial charge in [-0.1, -0.05) is 27.7 Å². The topological polar surface area (TPSA) is 81.3 Å². The van der Waals surface area contributed by atoms with Crippen molar-refractivity contribution in [2.24, 2.45) is 0 Å². The van der Waals surface area contributed by atoms with Crippen molar-refractivity contribution in [1.29, 1.82) is 0 Å². The molecule has 0 fully saturated rings. The second-order valence-electron chi connectivity index (χ2n) is 5.97. The lowest BCUT2D eigenvalue weighted by atomic mass is 10.3. The highest BCUT2D eigenvalue weighted by molar-refractivity contribution is 9.10. The fourth-order valence-corrected chi connectivity index (χ4v) is 3.61. The minimum Gasteiger partial charge on any atom is -0.325 e. The van der Waals surface area contributed by atoms with Crippen LogP contribution in [0.2, 0.25) is 0 Å². The molecule has 7 nitrogen and oxygen atoms in total. The number of carbonyl (C=O) groups is 1. The number of anilines is 1. The van der Waals surface area contributed by atoms with Crippen LogP contribution in [-0.4, -0.2) is 30.8 Å². The number of hydrogen-bond donors (Lipinski definition) is 1. The summed E-state index contributed by atoms with van der Waals surface area (Å²) in [5.74, 6) is -0.475. The lowest BCUT2D eigenvalue weighted by Crippen LogP contribution is -2.20. The Bertz CT molecular complexity index is 1240. The molecule has 146 valence electrons. The van der Waals surface area contributed by atoms with Gasteiger partial charge in [0, 0.05) is 28.2 Å². The standard InChI is InChI=1S/C19H13BrFN5O2S/c20-12-1-5-14(6-2-12)22-16(27)11-29-19-24-23-17-18(28)25(9-10-26(17)19)15-7-3-13(21)4-8-15/h1-10H,11H2,(H,22,27). The Kier molecular flexibility index (Phi) is 5.45. The number of nitrogens with one attached hydrogen (secondary N) is 1. The van der Waals surface area contributed by atoms with Crippen molar-refractivity contribution in [2.45, 2.75) is 5.16 Å². The summed E-state index contributed by atoms with van der Waals surface area (Å²) in [5, 5.41) is 11.2. The Morgan fingerprint density at radius 2 is 1.79 bits per heavy atom. The molecule has 2 heterocycles. The summed E-state index contributed by atoms with van der Waals surface area (Å²) in [6, 6.07) is 12.8. The first-order chi connectivity index (χ1) is 14.0. The van der Waals surface area contributed by atoms with Gasteiger partial charge >= 0.3 is 5.56 Å². The van der Waals surface area contributed by atoms with Crippen LogP contribution in [0.15, 0.2) is 75.3 Å². The maximum Gasteiger partial charge on any atom is 0.300 e. The quantitative estimate of drug-likeness (QED) is 0.448. The van der Waals surface area contributed by atoms with Crippen molar-refractivity contribution in [3.05, 3.63) is 81.6 Å². The average molecular weight is 474 g/mol. The molecule has 0 aliphatic heterocycles. The van der Waals surface area contributed by atoms with Gasteiger partial charge in [0.05, 0.1) is 5.75 Å². The lowest BCUT2D eigenvalue weighted by molar-refractivity contribution is -0.113. The number of benzene rings is 2. The molecular weight excluding hydrogens is 461 g/mol. The number of aromatic nitrogens is 4. The second-order valence-corrected chi connectivity index (χ2v) is 7.83. The highest BCUT2D eigenvalue weighted by atomic mass is 79.9. The zero-order valence-corrected chi connectivity index (χ0v) is 17.2. The van der Waals surface area contributed by atoms with E-state index in [0.717, 1.165) is 4.47 Å². The van der Waals surface area contributed by atoms with Gasteiger partial charge < -0.3 is 5.32 Å². The molecule has 0 aliphatic rings. The third kappa shape index (κ3) is 4.22. The molecule has 0 atom stereocenters. The molecule has 0 unspecified atom stereocenters. The Morgan fingerprint density at radius 1 is 1.07 bits per heavy atom. The van der Waals surface area contributed by atoms with E-state index in [1.807, 2.05) is 12.1 Å². The van der Waals surface area contributed by atoms with Crippen LogP contribution in [0.25, 0.3) is 11.3 Å². The third-order valence-electron chi connectivity index (χ3n) is 4.00. The van der Waals surface area contributed by atoms with E-state index in [0.29, 0.717) is 16.5 Å². The minimum atomic E-state index is -0.391. The monoisotopic (exact) mass is 473 g/mol. The largest absolute Gasteiger partial charge is 0.325 e. The summed E-state index contributed by atoms with van der Waals surface area (Å²) in [5.41, 5.74) is 0.933. The summed E-state index contributed by atoms with van der Waals surface area (Å²) in [6.45, 7) is 0. The molecule has 0 saturated carbocycles. The zero-order chi connectivity index (χ0) is 20.4. The first-order valence-corrected chi connectivity index (χ1v) is 10.2. The van der Waals surface area contributed by atoms with Crippen LogP contribution in [-0.2, 0) is 4.79 Å². The number of amides is 1. The number of rotatable bonds is 5. The molecular formula is C19H13BrFN5O2S. The van der Waals surface area contributed by atoms with E-state index in [1.165, 1.54) is 45.0 Å². The molecule has 0 radical (unpaired) electrons. The van der Waals surface area contributed by atoms with E-state index >= 15 is 0 Å². The van der Waals surface area contributed by atoms with E-state index in [2.05, 4.69) is 31.4 Å². The van der Waals surface area contributed by atoms with Crippen molar-refractivity contribution in [3.8, 4) is 5.69 Å². The zero-order valence-electron chi connectivity index (χ0n) is 14.8. The van der Waals surface area contributed by atoms with E-state index in [1.54, 1.807) is 24.5 Å². The van der Waals surface area contributed by atoms with Gasteiger partial charge in [-0.2, -0.15) is 0 Å². The van der Waals surface area contributed by atoms with Crippen LogP contribution in [0.1, 0.15) is 0 Å². The SMILES string of the molecule is O=C(CSc1nnc2c(=O)n(-c3ccc(F)cc3)ccn12)Nc1ccc(Br)cc1. The summed E-state index contributed by atoms with van der Waals surface area (Å²) in [7, 11) is 0. The van der Waals surface area contributed by atoms with E-state index in [-0.39, 0.29) is 23.1 Å². The van der Waals surface area contributed by atoms with Crippen molar-refractivity contribution >= 4 is 44.9 Å². The fraction of sp³-hybridized carbons (Fsp3) is 0.0526. The van der Waals surface area contributed by atoms with Gasteiger partial charge in [-0.3, -0.25) is 18.6 Å². The first-order valence-electron chi connectivity index (χ1n) is 8.42. The van der Waals surface area contributed by atoms with Crippen molar-refractivity contribution in [2.75, 3.05) is 11.1 Å². The van der Waals surface area contributed by atoms with Crippen LogP contribution >= 0.6 is 27.7 Å². The summed E-state index contributed by atoms with van der Waals surface area (Å²) >= 11 is 4.51. The van der Waals surface area contributed by atoms with Crippen LogP contribution in [0, 0.1) is 5.82 Å². The molecule has 10 heteroatoms. The molecule has 1 N–H and O–H groups in total. The smallest absolute Gasteiger partial charge is 0.300 e. The van der Waals surface area contributed by atoms with Gasteiger partial charge in [0.2, 0.25) is 11.6 Å². The van der Waals surface area contributed by atoms with Gasteiger partial charge in [-0.05, 0) is 48.5 Å². The van der Waals surface area contributed by atoms with Crippen molar-refractivity contribution < 1.29 is 9.18 Å². The lowest BCUT2D eigenvalue weighted by Gasteiger charge is -2.07. The number of hydrogen-bond acceptors (Lipinski definition) is 5. The predicted octanol–water partition coefficient (Wildman–Crippen LogP) is 3.51. The van der Waals surface area contributed by atoms with Gasteiger partial charge in [-0.15, -0.1) is 10.2 Å². The normalized spacial score (nSPS) is 11.0. The molecule has 4 aromatic rings. The number of nitrogens with zero attached hydrogens (tertiary/aromatic N) is 4. The molecule has 0 aliphatic carbocycles. The number of carbonyl (C=O) groups excluding carboxylic acids is 1. The summed E-state index contributed by atoms with van der Waals surface area (Å²) in [6.07, 6.45) is 3.19. The summed E-state index contributed by atoms with van der Waals surface area (Å²) in [4.78, 5) is 24.9. The Labute approximate surface area is 176 Å². The first kappa shape index (κ1) is 19.3. The van der Waals surface area contributed by atoms with Gasteiger partial charge in [-0.25, -0.2) is 4.39 Å². The molecule has 0 bridgehead atoms. The van der Waals surface area contributed by atoms with Gasteiger partial charge in [0.15, 0.2) is 5.16 Å². The van der Waals surface area contributed by atoms with Crippen molar-refractivity contribution in [3.63, 3.8) is 0 Å². The Hall–Kier alpha value is -2.98. The molecule has 4 rings (SSSR count). The maximum atomic E-state index is 13.1. The van der Waals surface area contributed by atoms with Crippen molar-refractivity contribution in [1.82, 2.24) is 19.2 Å². The van der Waals surface area contributed by atoms with Gasteiger partial charge in [0.25, 0.3) is 0 Å². The van der Waals surface area contributed by atoms with E-state index in [4.69, 9.17) is 0 Å². The Morgan fingerprint density at radius 3 is 2.52 bits per heavy atom. The molecule has 2 aromatic carbocycles. The van der Waals surface area contributed by atoms with Crippen LogP contribution in [0.3, 0.4) is 0 Å². The predicted molar refractivity (Wildman–Crippen MR) is 112 cm³/mol. The molecule has 2 aromatic heterocycles. The minimum absolute atomic E-state index is 0.109. The second kappa shape index (κ2) is 8.18. The highest BCUT2D eigenvalue weighted by Gasteiger charge is 2.13. The van der Waals surface area contributed by atoms with Gasteiger partial charge in [0.1, 0.15) is 5.82 Å². The molecule has 0 saturated heterocycles. The van der Waals surface area contributed by atoms with Crippen LogP contribution in [0.5, 0.6) is 0 Å². The molecule has 1 amide bonds. The van der Waals surface area contributed by atoms with E-state index < -0.39 is 5.56 Å². The summed E-state index contributed by atoms with van der Waals surface area (Å²) < 4.78 is 16.9. The molecule has 0 spiro atoms. The number of fused-ring (bicyclic) bond motifs is 1. The Balaban J connectivity index is 1.51. The third-order valence-corrected chi connectivity index (χ3v) is 5.48. The molecule has 29 heavy (non-hydrogen) atoms.